The predicted octanol–water partition coefficient (Wildman–Crippen LogP) is 3.25. The monoisotopic (exact) mass is 190 g/mol. The van der Waals surface area contributed by atoms with Gasteiger partial charge in [0, 0.05) is 0 Å². The van der Waals surface area contributed by atoms with E-state index in [0.29, 0.717) is 11.5 Å². The minimum Gasteiger partial charge on any atom is -0.493 e. The highest BCUT2D eigenvalue weighted by Gasteiger charge is 2.02. The maximum absolute atomic E-state index is 5.18. The van der Waals surface area contributed by atoms with Gasteiger partial charge in [0.05, 0.1) is 13.4 Å². The second-order valence-electron chi connectivity index (χ2n) is 2.69. The van der Waals surface area contributed by atoms with Gasteiger partial charge in [0.15, 0.2) is 11.5 Å². The van der Waals surface area contributed by atoms with Gasteiger partial charge in [-0.3, -0.25) is 0 Å². The van der Waals surface area contributed by atoms with Crippen LogP contribution in [0.4, 0.5) is 0 Å². The Bertz CT molecular complexity index is 340. The van der Waals surface area contributed by atoms with Gasteiger partial charge < -0.3 is 9.47 Å². The van der Waals surface area contributed by atoms with Crippen LogP contribution in [-0.4, -0.2) is 7.11 Å². The van der Waals surface area contributed by atoms with E-state index in [-0.39, 0.29) is 0 Å². The molecule has 0 heterocycles. The highest BCUT2D eigenvalue weighted by Crippen LogP contribution is 2.28. The van der Waals surface area contributed by atoms with Crippen LogP contribution < -0.4 is 9.47 Å². The van der Waals surface area contributed by atoms with Crippen molar-refractivity contribution in [2.45, 2.75) is 6.92 Å². The summed E-state index contributed by atoms with van der Waals surface area (Å²) in [6, 6.07) is 5.73. The summed E-state index contributed by atoms with van der Waals surface area (Å²) in [4.78, 5) is 0. The van der Waals surface area contributed by atoms with Gasteiger partial charge in [0.25, 0.3) is 0 Å². The molecule has 0 aliphatic heterocycles. The van der Waals surface area contributed by atoms with Crippen molar-refractivity contribution >= 4 is 6.08 Å². The van der Waals surface area contributed by atoms with Crippen LogP contribution in [0.1, 0.15) is 12.5 Å². The van der Waals surface area contributed by atoms with Gasteiger partial charge >= 0.3 is 0 Å². The van der Waals surface area contributed by atoms with Crippen molar-refractivity contribution in [2.75, 3.05) is 7.11 Å². The third kappa shape index (κ3) is 2.39. The summed E-state index contributed by atoms with van der Waals surface area (Å²) in [6.07, 6.45) is 5.36. The maximum atomic E-state index is 5.18. The molecule has 1 rings (SSSR count). The molecule has 0 saturated carbocycles. The Hall–Kier alpha value is -1.70. The van der Waals surface area contributed by atoms with E-state index in [9.17, 15) is 0 Å². The molecular weight excluding hydrogens is 176 g/mol. The first kappa shape index (κ1) is 10.4. The van der Waals surface area contributed by atoms with E-state index >= 15 is 0 Å². The first-order valence-corrected chi connectivity index (χ1v) is 4.40. The van der Waals surface area contributed by atoms with Crippen LogP contribution in [0.3, 0.4) is 0 Å². The summed E-state index contributed by atoms with van der Waals surface area (Å²) in [7, 11) is 1.62. The summed E-state index contributed by atoms with van der Waals surface area (Å²) in [5.41, 5.74) is 1.08. The molecule has 0 saturated heterocycles. The van der Waals surface area contributed by atoms with E-state index in [2.05, 4.69) is 6.58 Å². The largest absolute Gasteiger partial charge is 0.493 e. The molecule has 1 aromatic rings. The minimum absolute atomic E-state index is 0.677. The highest BCUT2D eigenvalue weighted by molar-refractivity contribution is 5.55. The molecule has 0 atom stereocenters. The fourth-order valence-corrected chi connectivity index (χ4v) is 1.17. The fourth-order valence-electron chi connectivity index (χ4n) is 1.17. The molecule has 0 bridgehead atoms. The van der Waals surface area contributed by atoms with E-state index in [1.165, 1.54) is 6.26 Å². The van der Waals surface area contributed by atoms with E-state index in [0.717, 1.165) is 5.56 Å². The van der Waals surface area contributed by atoms with Crippen molar-refractivity contribution in [3.63, 3.8) is 0 Å². The van der Waals surface area contributed by atoms with E-state index in [1.54, 1.807) is 7.11 Å². The Kier molecular flexibility index (Phi) is 3.80. The number of rotatable bonds is 4. The lowest BCUT2D eigenvalue weighted by Crippen LogP contribution is -1.89. The van der Waals surface area contributed by atoms with Gasteiger partial charge in [-0.15, -0.1) is 0 Å². The first-order chi connectivity index (χ1) is 6.81. The quantitative estimate of drug-likeness (QED) is 0.678. The minimum atomic E-state index is 0.677. The molecule has 2 nitrogen and oxygen atoms in total. The van der Waals surface area contributed by atoms with Gasteiger partial charge in [0.2, 0.25) is 0 Å². The van der Waals surface area contributed by atoms with Gasteiger partial charge in [-0.05, 0) is 24.6 Å². The van der Waals surface area contributed by atoms with Crippen molar-refractivity contribution in [3.8, 4) is 11.5 Å². The van der Waals surface area contributed by atoms with Gasteiger partial charge in [-0.2, -0.15) is 0 Å². The molecule has 0 amide bonds. The number of hydrogen-bond acceptors (Lipinski definition) is 2. The Morgan fingerprint density at radius 1 is 1.29 bits per heavy atom. The molecule has 0 N–H and O–H groups in total. The smallest absolute Gasteiger partial charge is 0.168 e. The number of allylic oxidation sites excluding steroid dienone is 1. The molecule has 0 aliphatic rings. The molecule has 0 spiro atoms. The standard InChI is InChI=1S/C12H14O2/c1-4-6-10-7-8-11(14-5-2)12(9-10)13-3/h4-9H,2H2,1,3H3/b6-4+. The summed E-state index contributed by atoms with van der Waals surface area (Å²) < 4.78 is 10.4. The van der Waals surface area contributed by atoms with Crippen LogP contribution in [0.2, 0.25) is 0 Å². The van der Waals surface area contributed by atoms with E-state index < -0.39 is 0 Å². The molecular formula is C12H14O2. The number of methoxy groups -OCH3 is 1. The highest BCUT2D eigenvalue weighted by atomic mass is 16.5. The summed E-state index contributed by atoms with van der Waals surface area (Å²) in [5.74, 6) is 1.39. The third-order valence-electron chi connectivity index (χ3n) is 1.76. The van der Waals surface area contributed by atoms with Crippen LogP contribution >= 0.6 is 0 Å². The zero-order valence-electron chi connectivity index (χ0n) is 8.49. The number of benzene rings is 1. The molecule has 74 valence electrons. The third-order valence-corrected chi connectivity index (χ3v) is 1.76. The van der Waals surface area contributed by atoms with E-state index in [4.69, 9.17) is 9.47 Å². The topological polar surface area (TPSA) is 18.5 Å². The van der Waals surface area contributed by atoms with Crippen LogP contribution in [0.5, 0.6) is 11.5 Å². The number of hydrogen-bond donors (Lipinski definition) is 0. The number of ether oxygens (including phenoxy) is 2. The Morgan fingerprint density at radius 2 is 2.07 bits per heavy atom. The molecule has 0 unspecified atom stereocenters. The Morgan fingerprint density at radius 3 is 2.64 bits per heavy atom. The molecule has 2 heteroatoms. The summed E-state index contributed by atoms with van der Waals surface area (Å²) >= 11 is 0. The summed E-state index contributed by atoms with van der Waals surface area (Å²) in [6.45, 7) is 5.47. The van der Waals surface area contributed by atoms with Crippen LogP contribution in [0.15, 0.2) is 37.1 Å². The van der Waals surface area contributed by atoms with Gasteiger partial charge in [-0.25, -0.2) is 0 Å². The molecule has 0 aromatic heterocycles. The normalized spacial score (nSPS) is 10.1. The average Bonchev–Trinajstić information content (AvgIpc) is 2.21. The molecule has 0 radical (unpaired) electrons. The Balaban J connectivity index is 3.04. The summed E-state index contributed by atoms with van der Waals surface area (Å²) in [5, 5.41) is 0. The van der Waals surface area contributed by atoms with Crippen molar-refractivity contribution in [1.29, 1.82) is 0 Å². The van der Waals surface area contributed by atoms with Crippen LogP contribution in [0, 0.1) is 0 Å². The first-order valence-electron chi connectivity index (χ1n) is 4.40. The van der Waals surface area contributed by atoms with Gasteiger partial charge in [0.1, 0.15) is 0 Å². The van der Waals surface area contributed by atoms with Crippen molar-refractivity contribution in [3.05, 3.63) is 42.7 Å². The van der Waals surface area contributed by atoms with Crippen molar-refractivity contribution in [1.82, 2.24) is 0 Å². The zero-order valence-corrected chi connectivity index (χ0v) is 8.49. The lowest BCUT2D eigenvalue weighted by atomic mass is 10.2. The predicted molar refractivity (Wildman–Crippen MR) is 58.5 cm³/mol. The fraction of sp³-hybridized carbons (Fsp3) is 0.167. The lowest BCUT2D eigenvalue weighted by molar-refractivity contribution is 0.378. The Labute approximate surface area is 84.5 Å². The van der Waals surface area contributed by atoms with Crippen LogP contribution in [0.25, 0.3) is 6.08 Å². The molecule has 0 fully saturated rings. The lowest BCUT2D eigenvalue weighted by Gasteiger charge is -2.07. The molecule has 1 aromatic carbocycles. The second kappa shape index (κ2) is 5.12. The second-order valence-corrected chi connectivity index (χ2v) is 2.69. The molecule has 14 heavy (non-hydrogen) atoms. The molecule has 0 aliphatic carbocycles. The van der Waals surface area contributed by atoms with Crippen LogP contribution in [-0.2, 0) is 0 Å². The zero-order chi connectivity index (χ0) is 10.4. The van der Waals surface area contributed by atoms with Crippen molar-refractivity contribution in [2.24, 2.45) is 0 Å². The van der Waals surface area contributed by atoms with Gasteiger partial charge in [-0.1, -0.05) is 24.8 Å². The van der Waals surface area contributed by atoms with Crippen molar-refractivity contribution < 1.29 is 9.47 Å². The van der Waals surface area contributed by atoms with E-state index in [1.807, 2.05) is 37.3 Å². The SMILES string of the molecule is C=COc1ccc(/C=C/C)cc1OC. The maximum Gasteiger partial charge on any atom is 0.168 e. The average molecular weight is 190 g/mol.